The fraction of sp³-hybridized carbons (Fsp3) is 0.833. The molecule has 3 heteroatoms. The third kappa shape index (κ3) is 4.96. The van der Waals surface area contributed by atoms with E-state index in [1.54, 1.807) is 0 Å². The molecule has 0 radical (unpaired) electrons. The standard InChI is InChI=1S/C12H21NO2/c1-10(15)13-8-12(9-14)7-11-5-3-2-4-6-11/h9,11-12H,2-8H2,1H3,(H,13,15). The van der Waals surface area contributed by atoms with Crippen LogP contribution in [0.3, 0.4) is 0 Å². The van der Waals surface area contributed by atoms with E-state index in [2.05, 4.69) is 5.32 Å². The molecule has 1 atom stereocenters. The van der Waals surface area contributed by atoms with Crippen molar-refractivity contribution in [3.63, 3.8) is 0 Å². The van der Waals surface area contributed by atoms with Crippen molar-refractivity contribution in [2.24, 2.45) is 11.8 Å². The normalized spacial score (nSPS) is 19.5. The monoisotopic (exact) mass is 211 g/mol. The Morgan fingerprint density at radius 3 is 2.60 bits per heavy atom. The van der Waals surface area contributed by atoms with Crippen LogP contribution < -0.4 is 5.32 Å². The number of rotatable bonds is 5. The second-order valence-electron chi connectivity index (χ2n) is 4.57. The second-order valence-corrected chi connectivity index (χ2v) is 4.57. The van der Waals surface area contributed by atoms with Crippen LogP contribution >= 0.6 is 0 Å². The van der Waals surface area contributed by atoms with Gasteiger partial charge in [0.05, 0.1) is 0 Å². The van der Waals surface area contributed by atoms with Crippen molar-refractivity contribution >= 4 is 12.2 Å². The third-order valence-corrected chi connectivity index (χ3v) is 3.17. The van der Waals surface area contributed by atoms with Crippen LogP contribution in [0.1, 0.15) is 45.4 Å². The molecule has 1 saturated carbocycles. The molecule has 1 fully saturated rings. The molecule has 0 aliphatic heterocycles. The molecule has 1 aliphatic rings. The average Bonchev–Trinajstić information content (AvgIpc) is 2.25. The predicted molar refractivity (Wildman–Crippen MR) is 59.4 cm³/mol. The Labute approximate surface area is 91.6 Å². The summed E-state index contributed by atoms with van der Waals surface area (Å²) in [6.07, 6.45) is 8.39. The topological polar surface area (TPSA) is 46.2 Å². The Balaban J connectivity index is 2.25. The van der Waals surface area contributed by atoms with Crippen molar-refractivity contribution in [2.75, 3.05) is 6.54 Å². The summed E-state index contributed by atoms with van der Waals surface area (Å²) in [5.41, 5.74) is 0. The van der Waals surface area contributed by atoms with Crippen LogP contribution in [0.5, 0.6) is 0 Å². The molecule has 0 saturated heterocycles. The van der Waals surface area contributed by atoms with E-state index in [1.165, 1.54) is 39.0 Å². The van der Waals surface area contributed by atoms with Gasteiger partial charge in [-0.05, 0) is 12.3 Å². The van der Waals surface area contributed by atoms with Crippen molar-refractivity contribution in [2.45, 2.75) is 45.4 Å². The van der Waals surface area contributed by atoms with E-state index in [1.807, 2.05) is 0 Å². The van der Waals surface area contributed by atoms with Gasteiger partial charge in [0.2, 0.25) is 5.91 Å². The lowest BCUT2D eigenvalue weighted by atomic mass is 9.83. The average molecular weight is 211 g/mol. The minimum Gasteiger partial charge on any atom is -0.356 e. The van der Waals surface area contributed by atoms with Gasteiger partial charge in [0.1, 0.15) is 6.29 Å². The van der Waals surface area contributed by atoms with Gasteiger partial charge in [0.15, 0.2) is 0 Å². The largest absolute Gasteiger partial charge is 0.356 e. The molecule has 1 N–H and O–H groups in total. The van der Waals surface area contributed by atoms with Crippen LogP contribution in [0.4, 0.5) is 0 Å². The highest BCUT2D eigenvalue weighted by Gasteiger charge is 2.18. The van der Waals surface area contributed by atoms with E-state index in [0.717, 1.165) is 12.7 Å². The molecule has 0 heterocycles. The van der Waals surface area contributed by atoms with Gasteiger partial charge in [-0.15, -0.1) is 0 Å². The van der Waals surface area contributed by atoms with Crippen LogP contribution in [0.2, 0.25) is 0 Å². The molecule has 1 unspecified atom stereocenters. The van der Waals surface area contributed by atoms with Crippen molar-refractivity contribution in [3.8, 4) is 0 Å². The number of carbonyl (C=O) groups excluding carboxylic acids is 2. The van der Waals surface area contributed by atoms with Gasteiger partial charge in [0.25, 0.3) is 0 Å². The quantitative estimate of drug-likeness (QED) is 0.706. The van der Waals surface area contributed by atoms with Gasteiger partial charge in [-0.1, -0.05) is 32.1 Å². The van der Waals surface area contributed by atoms with E-state index in [-0.39, 0.29) is 11.8 Å². The summed E-state index contributed by atoms with van der Waals surface area (Å²) in [6, 6.07) is 0. The number of hydrogen-bond donors (Lipinski definition) is 1. The van der Waals surface area contributed by atoms with E-state index >= 15 is 0 Å². The van der Waals surface area contributed by atoms with E-state index in [4.69, 9.17) is 0 Å². The maximum atomic E-state index is 10.8. The number of amides is 1. The van der Waals surface area contributed by atoms with Crippen molar-refractivity contribution in [1.82, 2.24) is 5.32 Å². The molecular formula is C12H21NO2. The summed E-state index contributed by atoms with van der Waals surface area (Å²) >= 11 is 0. The van der Waals surface area contributed by atoms with Crippen LogP contribution in [0, 0.1) is 11.8 Å². The molecule has 1 amide bonds. The molecule has 0 aromatic carbocycles. The smallest absolute Gasteiger partial charge is 0.216 e. The summed E-state index contributed by atoms with van der Waals surface area (Å²) < 4.78 is 0. The SMILES string of the molecule is CC(=O)NCC(C=O)CC1CCCCC1. The number of aldehydes is 1. The number of nitrogens with one attached hydrogen (secondary N) is 1. The molecule has 86 valence electrons. The fourth-order valence-corrected chi connectivity index (χ4v) is 2.31. The lowest BCUT2D eigenvalue weighted by Crippen LogP contribution is -2.29. The molecule has 15 heavy (non-hydrogen) atoms. The summed E-state index contributed by atoms with van der Waals surface area (Å²) in [5.74, 6) is 0.658. The zero-order chi connectivity index (χ0) is 11.1. The maximum Gasteiger partial charge on any atom is 0.216 e. The highest BCUT2D eigenvalue weighted by molar-refractivity contribution is 5.73. The number of hydrogen-bond acceptors (Lipinski definition) is 2. The number of carbonyl (C=O) groups is 2. The summed E-state index contributed by atoms with van der Waals surface area (Å²) in [7, 11) is 0. The van der Waals surface area contributed by atoms with Gasteiger partial charge < -0.3 is 10.1 Å². The molecule has 1 rings (SSSR count). The van der Waals surface area contributed by atoms with Gasteiger partial charge in [0, 0.05) is 19.4 Å². The Hall–Kier alpha value is -0.860. The predicted octanol–water partition coefficient (Wildman–Crippen LogP) is 1.91. The highest BCUT2D eigenvalue weighted by Crippen LogP contribution is 2.28. The van der Waals surface area contributed by atoms with Gasteiger partial charge in [-0.25, -0.2) is 0 Å². The highest BCUT2D eigenvalue weighted by atomic mass is 16.1. The first-order valence-corrected chi connectivity index (χ1v) is 5.92. The maximum absolute atomic E-state index is 10.8. The molecule has 0 bridgehead atoms. The summed E-state index contributed by atoms with van der Waals surface area (Å²) in [6.45, 7) is 2.00. The summed E-state index contributed by atoms with van der Waals surface area (Å²) in [5, 5.41) is 2.72. The second kappa shape index (κ2) is 6.59. The lowest BCUT2D eigenvalue weighted by molar-refractivity contribution is -0.119. The zero-order valence-corrected chi connectivity index (χ0v) is 9.50. The molecule has 0 spiro atoms. The van der Waals surface area contributed by atoms with Crippen LogP contribution in [0.25, 0.3) is 0 Å². The minimum atomic E-state index is -0.0505. The van der Waals surface area contributed by atoms with E-state index in [9.17, 15) is 9.59 Å². The fourth-order valence-electron chi connectivity index (χ4n) is 2.31. The van der Waals surface area contributed by atoms with Gasteiger partial charge >= 0.3 is 0 Å². The van der Waals surface area contributed by atoms with Gasteiger partial charge in [-0.3, -0.25) is 4.79 Å². The van der Waals surface area contributed by atoms with Crippen LogP contribution in [0.15, 0.2) is 0 Å². The first-order chi connectivity index (χ1) is 7.22. The third-order valence-electron chi connectivity index (χ3n) is 3.17. The molecule has 1 aliphatic carbocycles. The van der Waals surface area contributed by atoms with Crippen LogP contribution in [-0.2, 0) is 9.59 Å². The lowest BCUT2D eigenvalue weighted by Gasteiger charge is -2.24. The molecule has 3 nitrogen and oxygen atoms in total. The van der Waals surface area contributed by atoms with Crippen molar-refractivity contribution < 1.29 is 9.59 Å². The van der Waals surface area contributed by atoms with E-state index in [0.29, 0.717) is 12.5 Å². The van der Waals surface area contributed by atoms with Crippen molar-refractivity contribution in [3.05, 3.63) is 0 Å². The Kier molecular flexibility index (Phi) is 5.37. The molecule has 0 aromatic heterocycles. The van der Waals surface area contributed by atoms with Gasteiger partial charge in [-0.2, -0.15) is 0 Å². The van der Waals surface area contributed by atoms with Crippen LogP contribution in [-0.4, -0.2) is 18.7 Å². The summed E-state index contributed by atoms with van der Waals surface area (Å²) in [4.78, 5) is 21.6. The zero-order valence-electron chi connectivity index (χ0n) is 9.50. The Morgan fingerprint density at radius 2 is 2.07 bits per heavy atom. The first-order valence-electron chi connectivity index (χ1n) is 5.92. The van der Waals surface area contributed by atoms with Crippen molar-refractivity contribution in [1.29, 1.82) is 0 Å². The van der Waals surface area contributed by atoms with E-state index < -0.39 is 0 Å². The Bertz CT molecular complexity index is 210. The first kappa shape index (κ1) is 12.2. The minimum absolute atomic E-state index is 0.0111. The Morgan fingerprint density at radius 1 is 1.40 bits per heavy atom. The molecule has 0 aromatic rings. The molecular weight excluding hydrogens is 190 g/mol.